The number of hydrogen-bond donors (Lipinski definition) is 2. The third-order valence-electron chi connectivity index (χ3n) is 2.18. The van der Waals surface area contributed by atoms with E-state index in [1.165, 1.54) is 6.92 Å². The molecule has 3 nitrogen and oxygen atoms in total. The van der Waals surface area contributed by atoms with Crippen LogP contribution in [-0.2, 0) is 4.79 Å². The molecule has 0 aliphatic heterocycles. The zero-order chi connectivity index (χ0) is 12.1. The molecule has 1 rings (SSSR count). The topological polar surface area (TPSA) is 49.3 Å². The molecule has 2 N–H and O–H groups in total. The molecule has 1 aromatic rings. The third kappa shape index (κ3) is 4.24. The SMILES string of the molecule is CC(=O)Nc1ccc(SC(C)C(C)O)cc1. The van der Waals surface area contributed by atoms with E-state index in [1.807, 2.05) is 31.2 Å². The Labute approximate surface area is 100 Å². The first-order valence-electron chi connectivity index (χ1n) is 5.21. The molecule has 0 heterocycles. The summed E-state index contributed by atoms with van der Waals surface area (Å²) < 4.78 is 0. The molecule has 0 spiro atoms. The summed E-state index contributed by atoms with van der Waals surface area (Å²) in [6, 6.07) is 7.60. The molecule has 1 aromatic carbocycles. The summed E-state index contributed by atoms with van der Waals surface area (Å²) in [7, 11) is 0. The van der Waals surface area contributed by atoms with Gasteiger partial charge in [-0.2, -0.15) is 0 Å². The molecule has 0 radical (unpaired) electrons. The number of amides is 1. The molecule has 0 aliphatic rings. The van der Waals surface area contributed by atoms with Crippen molar-refractivity contribution in [2.24, 2.45) is 0 Å². The Hall–Kier alpha value is -1.00. The molecule has 88 valence electrons. The van der Waals surface area contributed by atoms with Crippen molar-refractivity contribution >= 4 is 23.4 Å². The summed E-state index contributed by atoms with van der Waals surface area (Å²) in [5.74, 6) is -0.0715. The van der Waals surface area contributed by atoms with E-state index in [0.717, 1.165) is 10.6 Å². The number of aliphatic hydroxyl groups is 1. The number of aliphatic hydroxyl groups excluding tert-OH is 1. The molecule has 0 fully saturated rings. The molecule has 0 bridgehead atoms. The first-order valence-corrected chi connectivity index (χ1v) is 6.09. The number of carbonyl (C=O) groups excluding carboxylic acids is 1. The van der Waals surface area contributed by atoms with Crippen LogP contribution in [0, 0.1) is 0 Å². The summed E-state index contributed by atoms with van der Waals surface area (Å²) in [6.07, 6.45) is -0.333. The zero-order valence-corrected chi connectivity index (χ0v) is 10.5. The highest BCUT2D eigenvalue weighted by atomic mass is 32.2. The van der Waals surface area contributed by atoms with Crippen molar-refractivity contribution < 1.29 is 9.90 Å². The van der Waals surface area contributed by atoms with Crippen LogP contribution >= 0.6 is 11.8 Å². The Morgan fingerprint density at radius 1 is 1.31 bits per heavy atom. The Bertz CT molecular complexity index is 349. The lowest BCUT2D eigenvalue weighted by atomic mass is 10.3. The fourth-order valence-electron chi connectivity index (χ4n) is 1.13. The Kier molecular flexibility index (Phi) is 4.83. The smallest absolute Gasteiger partial charge is 0.221 e. The Morgan fingerprint density at radius 2 is 1.88 bits per heavy atom. The lowest BCUT2D eigenvalue weighted by molar-refractivity contribution is -0.114. The van der Waals surface area contributed by atoms with Crippen LogP contribution in [0.3, 0.4) is 0 Å². The van der Waals surface area contributed by atoms with Crippen molar-refractivity contribution in [1.82, 2.24) is 0 Å². The minimum Gasteiger partial charge on any atom is -0.392 e. The predicted molar refractivity (Wildman–Crippen MR) is 67.7 cm³/mol. The first kappa shape index (κ1) is 13.1. The van der Waals surface area contributed by atoms with Crippen LogP contribution in [0.15, 0.2) is 29.2 Å². The number of benzene rings is 1. The van der Waals surface area contributed by atoms with Crippen LogP contribution < -0.4 is 5.32 Å². The van der Waals surface area contributed by atoms with Crippen LogP contribution in [0.2, 0.25) is 0 Å². The highest BCUT2D eigenvalue weighted by Gasteiger charge is 2.09. The molecule has 16 heavy (non-hydrogen) atoms. The second-order valence-electron chi connectivity index (χ2n) is 3.77. The van der Waals surface area contributed by atoms with Gasteiger partial charge in [-0.15, -0.1) is 11.8 Å². The van der Waals surface area contributed by atoms with Crippen LogP contribution in [0.25, 0.3) is 0 Å². The van der Waals surface area contributed by atoms with Gasteiger partial charge in [-0.25, -0.2) is 0 Å². The van der Waals surface area contributed by atoms with Crippen molar-refractivity contribution in [2.45, 2.75) is 37.0 Å². The number of hydrogen-bond acceptors (Lipinski definition) is 3. The maximum absolute atomic E-state index is 10.8. The second kappa shape index (κ2) is 5.92. The van der Waals surface area contributed by atoms with Crippen LogP contribution in [-0.4, -0.2) is 22.4 Å². The molecule has 2 atom stereocenters. The summed E-state index contributed by atoms with van der Waals surface area (Å²) in [5, 5.41) is 12.2. The normalized spacial score (nSPS) is 14.2. The van der Waals surface area contributed by atoms with Gasteiger partial charge in [0, 0.05) is 22.8 Å². The van der Waals surface area contributed by atoms with Crippen LogP contribution in [0.1, 0.15) is 20.8 Å². The van der Waals surface area contributed by atoms with Gasteiger partial charge < -0.3 is 10.4 Å². The molecule has 0 saturated carbocycles. The van der Waals surface area contributed by atoms with Gasteiger partial charge in [0.15, 0.2) is 0 Å². The number of anilines is 1. The molecule has 1 amide bonds. The molecule has 0 aromatic heterocycles. The van der Waals surface area contributed by atoms with E-state index in [4.69, 9.17) is 0 Å². The van der Waals surface area contributed by atoms with Crippen molar-refractivity contribution in [3.05, 3.63) is 24.3 Å². The Balaban J connectivity index is 2.61. The molecular weight excluding hydrogens is 222 g/mol. The van der Waals surface area contributed by atoms with Crippen LogP contribution in [0.5, 0.6) is 0 Å². The summed E-state index contributed by atoms with van der Waals surface area (Å²) in [4.78, 5) is 11.9. The van der Waals surface area contributed by atoms with E-state index in [9.17, 15) is 9.90 Å². The first-order chi connectivity index (χ1) is 7.49. The maximum atomic E-state index is 10.8. The van der Waals surface area contributed by atoms with Gasteiger partial charge in [0.2, 0.25) is 5.91 Å². The van der Waals surface area contributed by atoms with Crippen molar-refractivity contribution in [3.8, 4) is 0 Å². The fraction of sp³-hybridized carbons (Fsp3) is 0.417. The Morgan fingerprint density at radius 3 is 2.31 bits per heavy atom. The zero-order valence-electron chi connectivity index (χ0n) is 9.73. The van der Waals surface area contributed by atoms with E-state index >= 15 is 0 Å². The number of rotatable bonds is 4. The molecule has 4 heteroatoms. The summed E-state index contributed by atoms with van der Waals surface area (Å²) >= 11 is 1.62. The quantitative estimate of drug-likeness (QED) is 0.794. The monoisotopic (exact) mass is 239 g/mol. The van der Waals surface area contributed by atoms with E-state index in [-0.39, 0.29) is 17.3 Å². The predicted octanol–water partition coefficient (Wildman–Crippen LogP) is 2.51. The van der Waals surface area contributed by atoms with Gasteiger partial charge in [-0.05, 0) is 31.2 Å². The van der Waals surface area contributed by atoms with Crippen molar-refractivity contribution in [2.75, 3.05) is 5.32 Å². The second-order valence-corrected chi connectivity index (χ2v) is 5.22. The highest BCUT2D eigenvalue weighted by Crippen LogP contribution is 2.26. The minimum atomic E-state index is -0.333. The molecular formula is C12H17NO2S. The van der Waals surface area contributed by atoms with Crippen molar-refractivity contribution in [3.63, 3.8) is 0 Å². The fourth-order valence-corrected chi connectivity index (χ4v) is 2.05. The van der Waals surface area contributed by atoms with Crippen molar-refractivity contribution in [1.29, 1.82) is 0 Å². The average molecular weight is 239 g/mol. The largest absolute Gasteiger partial charge is 0.392 e. The number of thioether (sulfide) groups is 1. The van der Waals surface area contributed by atoms with E-state index in [2.05, 4.69) is 5.32 Å². The minimum absolute atomic E-state index is 0.0715. The van der Waals surface area contributed by atoms with E-state index in [1.54, 1.807) is 18.7 Å². The molecule has 0 saturated heterocycles. The third-order valence-corrected chi connectivity index (χ3v) is 3.49. The van der Waals surface area contributed by atoms with Gasteiger partial charge in [-0.1, -0.05) is 6.92 Å². The maximum Gasteiger partial charge on any atom is 0.221 e. The van der Waals surface area contributed by atoms with Gasteiger partial charge in [0.05, 0.1) is 6.10 Å². The highest BCUT2D eigenvalue weighted by molar-refractivity contribution is 8.00. The number of nitrogens with one attached hydrogen (secondary N) is 1. The average Bonchev–Trinajstić information content (AvgIpc) is 2.20. The lowest BCUT2D eigenvalue weighted by Gasteiger charge is -2.14. The van der Waals surface area contributed by atoms with E-state index < -0.39 is 0 Å². The summed E-state index contributed by atoms with van der Waals surface area (Å²) in [5.41, 5.74) is 0.793. The number of carbonyl (C=O) groups is 1. The lowest BCUT2D eigenvalue weighted by Crippen LogP contribution is -2.14. The standard InChI is InChI=1S/C12H17NO2S/c1-8(14)9(2)16-12-6-4-11(5-7-12)13-10(3)15/h4-9,14H,1-3H3,(H,13,15). The molecule has 2 unspecified atom stereocenters. The van der Waals surface area contributed by atoms with Gasteiger partial charge in [-0.3, -0.25) is 4.79 Å². The van der Waals surface area contributed by atoms with Gasteiger partial charge >= 0.3 is 0 Å². The molecule has 0 aliphatic carbocycles. The van der Waals surface area contributed by atoms with Gasteiger partial charge in [0.1, 0.15) is 0 Å². The van der Waals surface area contributed by atoms with Gasteiger partial charge in [0.25, 0.3) is 0 Å². The summed E-state index contributed by atoms with van der Waals surface area (Å²) in [6.45, 7) is 5.25. The van der Waals surface area contributed by atoms with Crippen LogP contribution in [0.4, 0.5) is 5.69 Å². The van der Waals surface area contributed by atoms with E-state index in [0.29, 0.717) is 0 Å².